The predicted molar refractivity (Wildman–Crippen MR) is 126 cm³/mol. The number of nitro benzene ring substituents is 1. The number of aromatic amines is 1. The Kier molecular flexibility index (Phi) is 8.20. The van der Waals surface area contributed by atoms with Gasteiger partial charge in [-0.2, -0.15) is 0 Å². The first-order valence-electron chi connectivity index (χ1n) is 9.86. The van der Waals surface area contributed by atoms with Gasteiger partial charge in [0.15, 0.2) is 0 Å². The lowest BCUT2D eigenvalue weighted by Gasteiger charge is -2.23. The third-order valence-electron chi connectivity index (χ3n) is 4.56. The molecule has 0 radical (unpaired) electrons. The molecule has 1 heterocycles. The molecule has 0 aliphatic carbocycles. The Balaban J connectivity index is 0.00000363. The average Bonchev–Trinajstić information content (AvgIpc) is 3.20. The number of rotatable bonds is 8. The number of non-ortho nitro benzene ring substituents is 1. The smallest absolute Gasteiger partial charge is 0.270 e. The van der Waals surface area contributed by atoms with Crippen LogP contribution >= 0.6 is 12.4 Å². The van der Waals surface area contributed by atoms with Gasteiger partial charge >= 0.3 is 0 Å². The number of β-amino-alcohol motifs (C(OH)–C–C–N with tert-alkyl or cyclic N) is 1. The van der Waals surface area contributed by atoms with Crippen LogP contribution in [0.25, 0.3) is 10.9 Å². The Morgan fingerprint density at radius 1 is 1.25 bits per heavy atom. The van der Waals surface area contributed by atoms with Gasteiger partial charge in [0.2, 0.25) is 0 Å². The van der Waals surface area contributed by atoms with Gasteiger partial charge in [0.05, 0.1) is 16.2 Å². The number of ether oxygens (including phenoxy) is 1. The topological polar surface area (TPSA) is 130 Å². The number of hydrogen-bond donors (Lipinski definition) is 4. The van der Waals surface area contributed by atoms with Crippen molar-refractivity contribution in [2.75, 3.05) is 18.5 Å². The van der Waals surface area contributed by atoms with Crippen molar-refractivity contribution in [3.05, 3.63) is 64.3 Å². The number of carbonyl (C=O) groups is 1. The van der Waals surface area contributed by atoms with Crippen LogP contribution in [-0.2, 0) is 0 Å². The Morgan fingerprint density at radius 3 is 2.69 bits per heavy atom. The quantitative estimate of drug-likeness (QED) is 0.297. The molecule has 3 rings (SSSR count). The maximum absolute atomic E-state index is 13.0. The molecule has 1 amide bonds. The first-order chi connectivity index (χ1) is 14.6. The number of fused-ring (bicyclic) bond motifs is 1. The first-order valence-corrected chi connectivity index (χ1v) is 9.86. The van der Waals surface area contributed by atoms with Crippen molar-refractivity contribution < 1.29 is 19.6 Å². The molecule has 1 unspecified atom stereocenters. The summed E-state index contributed by atoms with van der Waals surface area (Å²) in [5.41, 5.74) is 1.03. The van der Waals surface area contributed by atoms with Gasteiger partial charge in [0.1, 0.15) is 18.5 Å². The van der Waals surface area contributed by atoms with Crippen LogP contribution in [-0.4, -0.2) is 45.7 Å². The van der Waals surface area contributed by atoms with Gasteiger partial charge in [-0.05, 0) is 45.0 Å². The molecule has 0 aliphatic rings. The molecule has 1 atom stereocenters. The molecule has 3 aromatic rings. The monoisotopic (exact) mass is 462 g/mol. The number of benzene rings is 2. The standard InChI is InChI=1S/C22H26N4O5.ClH/c1-22(2,3)24-12-15(27)13-31-20-8-7-14(26(29)30)11-17(20)21(28)25-19-6-4-5-18-16(19)9-10-23-18;/h4-11,15,23-24,27H,12-13H2,1-3H3,(H,25,28);1H. The summed E-state index contributed by atoms with van der Waals surface area (Å²) in [6, 6.07) is 11.0. The van der Waals surface area contributed by atoms with Gasteiger partial charge in [-0.3, -0.25) is 14.9 Å². The summed E-state index contributed by atoms with van der Waals surface area (Å²) in [5.74, 6) is -0.395. The zero-order valence-corrected chi connectivity index (χ0v) is 18.9. The van der Waals surface area contributed by atoms with Gasteiger partial charge in [0, 0.05) is 41.3 Å². The van der Waals surface area contributed by atoms with E-state index in [0.29, 0.717) is 12.2 Å². The van der Waals surface area contributed by atoms with E-state index in [9.17, 15) is 20.0 Å². The van der Waals surface area contributed by atoms with Crippen LogP contribution in [0.4, 0.5) is 11.4 Å². The SMILES string of the molecule is CC(C)(C)NCC(O)COc1ccc([N+](=O)[O-])cc1C(=O)Nc1cccc2[nH]ccc12.Cl. The fraction of sp³-hybridized carbons (Fsp3) is 0.318. The van der Waals surface area contributed by atoms with Crippen LogP contribution in [0.2, 0.25) is 0 Å². The van der Waals surface area contributed by atoms with Crippen LogP contribution in [0.1, 0.15) is 31.1 Å². The summed E-state index contributed by atoms with van der Waals surface area (Å²) >= 11 is 0. The number of aromatic nitrogens is 1. The molecule has 0 fully saturated rings. The minimum absolute atomic E-state index is 0. The van der Waals surface area contributed by atoms with Crippen molar-refractivity contribution in [2.45, 2.75) is 32.4 Å². The Bertz CT molecular complexity index is 1090. The molecule has 10 heteroatoms. The number of amides is 1. The zero-order chi connectivity index (χ0) is 22.6. The third kappa shape index (κ3) is 6.43. The number of nitrogens with zero attached hydrogens (tertiary/aromatic N) is 1. The van der Waals surface area contributed by atoms with Gasteiger partial charge < -0.3 is 25.5 Å². The van der Waals surface area contributed by atoms with Crippen molar-refractivity contribution in [3.63, 3.8) is 0 Å². The maximum Gasteiger partial charge on any atom is 0.270 e. The second-order valence-electron chi connectivity index (χ2n) is 8.23. The van der Waals surface area contributed by atoms with E-state index in [-0.39, 0.29) is 41.6 Å². The lowest BCUT2D eigenvalue weighted by molar-refractivity contribution is -0.384. The summed E-state index contributed by atoms with van der Waals surface area (Å²) < 4.78 is 5.65. The molecule has 0 saturated heterocycles. The molecular formula is C22H27ClN4O5. The van der Waals surface area contributed by atoms with Crippen LogP contribution in [0, 0.1) is 10.1 Å². The van der Waals surface area contributed by atoms with Crippen LogP contribution < -0.4 is 15.4 Å². The Labute approximate surface area is 191 Å². The maximum atomic E-state index is 13.0. The Morgan fingerprint density at radius 2 is 2.00 bits per heavy atom. The number of halogens is 1. The summed E-state index contributed by atoms with van der Waals surface area (Å²) in [7, 11) is 0. The molecule has 32 heavy (non-hydrogen) atoms. The van der Waals surface area contributed by atoms with Crippen molar-refractivity contribution in [1.29, 1.82) is 0 Å². The normalized spacial score (nSPS) is 12.1. The number of nitro groups is 1. The van der Waals surface area contributed by atoms with Crippen molar-refractivity contribution in [3.8, 4) is 5.75 Å². The Hall–Kier alpha value is -3.14. The number of anilines is 1. The number of nitrogens with one attached hydrogen (secondary N) is 3. The first kappa shape index (κ1) is 25.1. The fourth-order valence-electron chi connectivity index (χ4n) is 2.99. The molecule has 2 aromatic carbocycles. The highest BCUT2D eigenvalue weighted by Crippen LogP contribution is 2.27. The van der Waals surface area contributed by atoms with Crippen LogP contribution in [0.15, 0.2) is 48.7 Å². The molecule has 0 aliphatic heterocycles. The van der Waals surface area contributed by atoms with Crippen molar-refractivity contribution >= 4 is 40.6 Å². The summed E-state index contributed by atoms with van der Waals surface area (Å²) in [6.07, 6.45) is 0.939. The minimum atomic E-state index is -0.820. The lowest BCUT2D eigenvalue weighted by Crippen LogP contribution is -2.42. The second-order valence-corrected chi connectivity index (χ2v) is 8.23. The highest BCUT2D eigenvalue weighted by molar-refractivity contribution is 6.10. The molecule has 9 nitrogen and oxygen atoms in total. The summed E-state index contributed by atoms with van der Waals surface area (Å²) in [6.45, 7) is 6.15. The number of carbonyl (C=O) groups excluding carboxylic acids is 1. The van der Waals surface area contributed by atoms with E-state index >= 15 is 0 Å². The highest BCUT2D eigenvalue weighted by atomic mass is 35.5. The molecule has 172 valence electrons. The van der Waals surface area contributed by atoms with Gasteiger partial charge in [-0.1, -0.05) is 6.07 Å². The van der Waals surface area contributed by atoms with Gasteiger partial charge in [0.25, 0.3) is 11.6 Å². The van der Waals surface area contributed by atoms with Crippen molar-refractivity contribution in [2.24, 2.45) is 0 Å². The van der Waals surface area contributed by atoms with E-state index in [4.69, 9.17) is 4.74 Å². The van der Waals surface area contributed by atoms with E-state index in [1.807, 2.05) is 32.9 Å². The van der Waals surface area contributed by atoms with E-state index in [1.54, 1.807) is 18.3 Å². The minimum Gasteiger partial charge on any atom is -0.490 e. The largest absolute Gasteiger partial charge is 0.490 e. The van der Waals surface area contributed by atoms with Crippen LogP contribution in [0.3, 0.4) is 0 Å². The molecule has 0 saturated carbocycles. The van der Waals surface area contributed by atoms with Crippen LogP contribution in [0.5, 0.6) is 5.75 Å². The number of hydrogen-bond acceptors (Lipinski definition) is 6. The molecule has 0 bridgehead atoms. The predicted octanol–water partition coefficient (Wildman–Crippen LogP) is 3.88. The highest BCUT2D eigenvalue weighted by Gasteiger charge is 2.20. The second kappa shape index (κ2) is 10.4. The van der Waals surface area contributed by atoms with E-state index in [2.05, 4.69) is 15.6 Å². The average molecular weight is 463 g/mol. The van der Waals surface area contributed by atoms with Gasteiger partial charge in [-0.25, -0.2) is 0 Å². The molecule has 1 aromatic heterocycles. The molecule has 0 spiro atoms. The molecular weight excluding hydrogens is 436 g/mol. The van der Waals surface area contributed by atoms with E-state index in [1.165, 1.54) is 18.2 Å². The molecule has 4 N–H and O–H groups in total. The summed E-state index contributed by atoms with van der Waals surface area (Å²) in [4.78, 5) is 26.7. The van der Waals surface area contributed by atoms with E-state index < -0.39 is 16.9 Å². The van der Waals surface area contributed by atoms with Gasteiger partial charge in [-0.15, -0.1) is 12.4 Å². The number of aliphatic hydroxyl groups is 1. The van der Waals surface area contributed by atoms with E-state index in [0.717, 1.165) is 10.9 Å². The zero-order valence-electron chi connectivity index (χ0n) is 18.0. The fourth-order valence-corrected chi connectivity index (χ4v) is 2.99. The van der Waals surface area contributed by atoms with Crippen molar-refractivity contribution in [1.82, 2.24) is 10.3 Å². The number of aliphatic hydroxyl groups excluding tert-OH is 1. The lowest BCUT2D eigenvalue weighted by atomic mass is 10.1. The third-order valence-corrected chi connectivity index (χ3v) is 4.56. The number of H-pyrrole nitrogens is 1. The summed E-state index contributed by atoms with van der Waals surface area (Å²) in [5, 5.41) is 28.2.